The fourth-order valence-electron chi connectivity index (χ4n) is 2.48. The minimum atomic E-state index is -0.241. The van der Waals surface area contributed by atoms with E-state index in [4.69, 9.17) is 0 Å². The molecule has 1 N–H and O–H groups in total. The van der Waals surface area contributed by atoms with Gasteiger partial charge in [-0.05, 0) is 45.0 Å². The molecule has 0 aliphatic heterocycles. The molecule has 0 saturated carbocycles. The Bertz CT molecular complexity index is 872. The van der Waals surface area contributed by atoms with Gasteiger partial charge in [0, 0.05) is 17.4 Å². The van der Waals surface area contributed by atoms with Gasteiger partial charge in [-0.15, -0.1) is 10.2 Å². The van der Waals surface area contributed by atoms with E-state index in [1.807, 2.05) is 53.1 Å². The number of carbonyl (C=O) groups is 1. The van der Waals surface area contributed by atoms with Crippen molar-refractivity contribution in [2.75, 3.05) is 11.1 Å². The van der Waals surface area contributed by atoms with E-state index in [1.165, 1.54) is 11.8 Å². The van der Waals surface area contributed by atoms with Crippen LogP contribution in [0.25, 0.3) is 11.5 Å². The Kier molecular flexibility index (Phi) is 5.37. The monoisotopic (exact) mass is 367 g/mol. The topological polar surface area (TPSA) is 72.7 Å². The number of pyridine rings is 1. The number of carbonyl (C=O) groups excluding carboxylic acids is 1. The molecule has 26 heavy (non-hydrogen) atoms. The fraction of sp³-hybridized carbons (Fsp3) is 0.263. The highest BCUT2D eigenvalue weighted by Gasteiger charge is 2.25. The summed E-state index contributed by atoms with van der Waals surface area (Å²) < 4.78 is 2.02. The molecule has 0 aliphatic rings. The first-order valence-corrected chi connectivity index (χ1v) is 9.29. The summed E-state index contributed by atoms with van der Waals surface area (Å²) in [6, 6.07) is 15.1. The second-order valence-corrected chi connectivity index (χ2v) is 7.67. The third-order valence-corrected chi connectivity index (χ3v) is 4.52. The minimum absolute atomic E-state index is 0.0796. The predicted octanol–water partition coefficient (Wildman–Crippen LogP) is 3.83. The van der Waals surface area contributed by atoms with Gasteiger partial charge in [-0.2, -0.15) is 0 Å². The Hall–Kier alpha value is -2.67. The van der Waals surface area contributed by atoms with E-state index in [0.717, 1.165) is 11.4 Å². The molecule has 1 amide bonds. The zero-order chi connectivity index (χ0) is 18.6. The van der Waals surface area contributed by atoms with Crippen LogP contribution in [0.15, 0.2) is 59.9 Å². The van der Waals surface area contributed by atoms with Gasteiger partial charge in [0.2, 0.25) is 5.91 Å². The number of aromatic nitrogens is 4. The number of benzene rings is 1. The molecule has 3 rings (SSSR count). The van der Waals surface area contributed by atoms with Gasteiger partial charge < -0.3 is 5.32 Å². The van der Waals surface area contributed by atoms with Crippen molar-refractivity contribution in [3.8, 4) is 11.5 Å². The molecule has 2 heterocycles. The van der Waals surface area contributed by atoms with Crippen LogP contribution < -0.4 is 5.32 Å². The quantitative estimate of drug-likeness (QED) is 0.694. The van der Waals surface area contributed by atoms with Crippen molar-refractivity contribution in [1.82, 2.24) is 19.7 Å². The lowest BCUT2D eigenvalue weighted by Gasteiger charge is -2.24. The normalized spacial score (nSPS) is 11.3. The van der Waals surface area contributed by atoms with Gasteiger partial charge in [0.25, 0.3) is 0 Å². The first-order valence-electron chi connectivity index (χ1n) is 8.30. The van der Waals surface area contributed by atoms with Crippen LogP contribution >= 0.6 is 11.8 Å². The first kappa shape index (κ1) is 18.1. The van der Waals surface area contributed by atoms with Gasteiger partial charge in [0.15, 0.2) is 11.0 Å². The lowest BCUT2D eigenvalue weighted by molar-refractivity contribution is -0.113. The van der Waals surface area contributed by atoms with E-state index in [2.05, 4.69) is 41.3 Å². The molecule has 3 aromatic rings. The maximum absolute atomic E-state index is 12.2. The van der Waals surface area contributed by atoms with Crippen LogP contribution in [0.1, 0.15) is 20.8 Å². The molecule has 0 bridgehead atoms. The number of thioether (sulfide) groups is 1. The van der Waals surface area contributed by atoms with Crippen molar-refractivity contribution < 1.29 is 4.79 Å². The number of para-hydroxylation sites is 1. The highest BCUT2D eigenvalue weighted by molar-refractivity contribution is 7.99. The molecule has 134 valence electrons. The second kappa shape index (κ2) is 7.70. The molecule has 0 radical (unpaired) electrons. The van der Waals surface area contributed by atoms with Crippen LogP contribution in [0, 0.1) is 0 Å². The maximum Gasteiger partial charge on any atom is 0.234 e. The van der Waals surface area contributed by atoms with E-state index >= 15 is 0 Å². The molecule has 1 aromatic carbocycles. The summed E-state index contributed by atoms with van der Waals surface area (Å²) in [6.45, 7) is 6.24. The van der Waals surface area contributed by atoms with Crippen LogP contribution in [0.3, 0.4) is 0 Å². The van der Waals surface area contributed by atoms with Gasteiger partial charge in [0.1, 0.15) is 5.69 Å². The Balaban J connectivity index is 1.78. The third kappa shape index (κ3) is 4.29. The zero-order valence-electron chi connectivity index (χ0n) is 15.0. The van der Waals surface area contributed by atoms with Crippen molar-refractivity contribution in [1.29, 1.82) is 0 Å². The Morgan fingerprint density at radius 2 is 1.81 bits per heavy atom. The number of nitrogens with zero attached hydrogens (tertiary/aromatic N) is 4. The van der Waals surface area contributed by atoms with Crippen LogP contribution in [-0.2, 0) is 10.3 Å². The summed E-state index contributed by atoms with van der Waals surface area (Å²) >= 11 is 1.37. The third-order valence-electron chi connectivity index (χ3n) is 3.59. The highest BCUT2D eigenvalue weighted by atomic mass is 32.2. The molecule has 0 aliphatic carbocycles. The first-order chi connectivity index (χ1) is 12.4. The second-order valence-electron chi connectivity index (χ2n) is 6.73. The van der Waals surface area contributed by atoms with E-state index in [9.17, 15) is 4.79 Å². The molecule has 0 spiro atoms. The summed E-state index contributed by atoms with van der Waals surface area (Å²) in [5.41, 5.74) is 1.30. The fourth-order valence-corrected chi connectivity index (χ4v) is 3.40. The maximum atomic E-state index is 12.2. The minimum Gasteiger partial charge on any atom is -0.325 e. The smallest absolute Gasteiger partial charge is 0.234 e. The Morgan fingerprint density at radius 3 is 2.46 bits per heavy atom. The van der Waals surface area contributed by atoms with Crippen LogP contribution in [0.5, 0.6) is 0 Å². The largest absolute Gasteiger partial charge is 0.325 e. The lowest BCUT2D eigenvalue weighted by atomic mass is 10.1. The molecule has 6 nitrogen and oxygen atoms in total. The van der Waals surface area contributed by atoms with E-state index in [0.29, 0.717) is 11.0 Å². The zero-order valence-corrected chi connectivity index (χ0v) is 15.8. The summed E-state index contributed by atoms with van der Waals surface area (Å²) in [5.74, 6) is 0.874. The lowest BCUT2D eigenvalue weighted by Crippen LogP contribution is -2.24. The van der Waals surface area contributed by atoms with E-state index in [1.54, 1.807) is 6.20 Å². The molecule has 0 unspecified atom stereocenters. The molecule has 0 saturated heterocycles. The van der Waals surface area contributed by atoms with Crippen LogP contribution in [0.2, 0.25) is 0 Å². The van der Waals surface area contributed by atoms with E-state index < -0.39 is 0 Å². The molecule has 0 fully saturated rings. The van der Waals surface area contributed by atoms with Crippen molar-refractivity contribution in [3.05, 3.63) is 54.7 Å². The molecule has 7 heteroatoms. The Morgan fingerprint density at radius 1 is 1.08 bits per heavy atom. The highest BCUT2D eigenvalue weighted by Crippen LogP contribution is 2.29. The number of nitrogens with one attached hydrogen (secondary N) is 1. The molecular formula is C19H21N5OS. The predicted molar refractivity (Wildman–Crippen MR) is 104 cm³/mol. The number of anilines is 1. The summed E-state index contributed by atoms with van der Waals surface area (Å²) in [4.78, 5) is 16.6. The number of hydrogen-bond acceptors (Lipinski definition) is 5. The van der Waals surface area contributed by atoms with Gasteiger partial charge in [-0.1, -0.05) is 36.0 Å². The SMILES string of the molecule is CC(C)(C)n1c(SCC(=O)Nc2ccccc2)nnc1-c1ccccn1. The molecular weight excluding hydrogens is 346 g/mol. The van der Waals surface area contributed by atoms with Crippen molar-refractivity contribution in [2.24, 2.45) is 0 Å². The summed E-state index contributed by atoms with van der Waals surface area (Å²) in [5, 5.41) is 12.2. The van der Waals surface area contributed by atoms with Crippen molar-refractivity contribution in [3.63, 3.8) is 0 Å². The van der Waals surface area contributed by atoms with Gasteiger partial charge in [-0.25, -0.2) is 0 Å². The summed E-state index contributed by atoms with van der Waals surface area (Å²) in [6.07, 6.45) is 1.73. The van der Waals surface area contributed by atoms with Crippen molar-refractivity contribution >= 4 is 23.4 Å². The number of amides is 1. The van der Waals surface area contributed by atoms with Crippen molar-refractivity contribution in [2.45, 2.75) is 31.5 Å². The Labute approximate surface area is 157 Å². The number of hydrogen-bond donors (Lipinski definition) is 1. The summed E-state index contributed by atoms with van der Waals surface area (Å²) in [7, 11) is 0. The van der Waals surface area contributed by atoms with Gasteiger partial charge >= 0.3 is 0 Å². The molecule has 0 atom stereocenters. The van der Waals surface area contributed by atoms with Crippen LogP contribution in [0.4, 0.5) is 5.69 Å². The van der Waals surface area contributed by atoms with E-state index in [-0.39, 0.29) is 17.2 Å². The van der Waals surface area contributed by atoms with Gasteiger partial charge in [0.05, 0.1) is 5.75 Å². The van der Waals surface area contributed by atoms with Gasteiger partial charge in [-0.3, -0.25) is 14.3 Å². The molecule has 2 aromatic heterocycles. The standard InChI is InChI=1S/C19H21N5OS/c1-19(2,3)24-17(15-11-7-8-12-20-15)22-23-18(24)26-13-16(25)21-14-9-5-4-6-10-14/h4-12H,13H2,1-3H3,(H,21,25). The number of rotatable bonds is 5. The average molecular weight is 367 g/mol. The van der Waals surface area contributed by atoms with Crippen LogP contribution in [-0.4, -0.2) is 31.4 Å². The average Bonchev–Trinajstić information content (AvgIpc) is 3.06.